The topological polar surface area (TPSA) is 63.8 Å². The summed E-state index contributed by atoms with van der Waals surface area (Å²) >= 11 is 4.99. The van der Waals surface area contributed by atoms with Crippen LogP contribution in [0.1, 0.15) is 49.3 Å². The third-order valence-corrected chi connectivity index (χ3v) is 4.20. The molecule has 0 aliphatic heterocycles. The largest absolute Gasteiger partial charge is 0.385 e. The first-order valence-electron chi connectivity index (χ1n) is 7.93. The van der Waals surface area contributed by atoms with Gasteiger partial charge in [-0.3, -0.25) is 0 Å². The Balaban J connectivity index is 2.19. The van der Waals surface area contributed by atoms with Crippen LogP contribution in [0.25, 0.3) is 0 Å². The first-order chi connectivity index (χ1) is 10.6. The average Bonchev–Trinajstić information content (AvgIpc) is 2.98. The molecule has 4 N–H and O–H groups in total. The Morgan fingerprint density at radius 1 is 1.14 bits per heavy atom. The number of aliphatic hydroxyl groups excluding tert-OH is 1. The lowest BCUT2D eigenvalue weighted by atomic mass is 9.97. The molecule has 0 saturated heterocycles. The summed E-state index contributed by atoms with van der Waals surface area (Å²) in [6.07, 6.45) is 4.10. The molecule has 4 nitrogen and oxygen atoms in total. The maximum Gasteiger partial charge on any atom is 0.174 e. The molecule has 0 amide bonds. The standard InChI is InChI=1S/C17H25N3OS/c1-4-11-7-12(5-2)16(13(6-3)8-11)18-10-15(21)14-9-19-17(22)20-14/h7-9,15,18,21H,4-6,10H2,1-3H3,(H2,19,20,22). The summed E-state index contributed by atoms with van der Waals surface area (Å²) in [6, 6.07) is 4.52. The quantitative estimate of drug-likeness (QED) is 0.585. The highest BCUT2D eigenvalue weighted by Crippen LogP contribution is 2.26. The Hall–Kier alpha value is -1.59. The predicted octanol–water partition coefficient (Wildman–Crippen LogP) is 3.90. The van der Waals surface area contributed by atoms with Gasteiger partial charge in [0.05, 0.1) is 5.69 Å². The zero-order valence-electron chi connectivity index (χ0n) is 13.5. The minimum atomic E-state index is -0.617. The first-order valence-corrected chi connectivity index (χ1v) is 8.34. The van der Waals surface area contributed by atoms with E-state index in [1.807, 2.05) is 0 Å². The van der Waals surface area contributed by atoms with Crippen LogP contribution in [0.5, 0.6) is 0 Å². The lowest BCUT2D eigenvalue weighted by molar-refractivity contribution is 0.187. The van der Waals surface area contributed by atoms with Crippen molar-refractivity contribution in [2.75, 3.05) is 11.9 Å². The Morgan fingerprint density at radius 2 is 1.77 bits per heavy atom. The van der Waals surface area contributed by atoms with Crippen molar-refractivity contribution in [3.63, 3.8) is 0 Å². The number of aryl methyl sites for hydroxylation is 3. The van der Waals surface area contributed by atoms with E-state index in [0.29, 0.717) is 17.0 Å². The number of rotatable bonds is 7. The number of anilines is 1. The summed E-state index contributed by atoms with van der Waals surface area (Å²) in [7, 11) is 0. The van der Waals surface area contributed by atoms with Crippen LogP contribution >= 0.6 is 12.2 Å². The molecule has 0 radical (unpaired) electrons. The molecule has 5 heteroatoms. The molecule has 0 saturated carbocycles. The maximum atomic E-state index is 10.3. The van der Waals surface area contributed by atoms with E-state index < -0.39 is 6.10 Å². The number of nitrogens with one attached hydrogen (secondary N) is 3. The van der Waals surface area contributed by atoms with Gasteiger partial charge in [0.2, 0.25) is 0 Å². The van der Waals surface area contributed by atoms with Crippen LogP contribution in [0.4, 0.5) is 5.69 Å². The van der Waals surface area contributed by atoms with Crippen molar-refractivity contribution in [2.45, 2.75) is 46.1 Å². The number of H-pyrrole nitrogens is 2. The van der Waals surface area contributed by atoms with Crippen molar-refractivity contribution in [1.82, 2.24) is 9.97 Å². The Bertz CT molecular complexity index is 650. The molecule has 0 bridgehead atoms. The molecule has 0 spiro atoms. The van der Waals surface area contributed by atoms with Gasteiger partial charge in [-0.1, -0.05) is 32.9 Å². The fourth-order valence-electron chi connectivity index (χ4n) is 2.66. The Morgan fingerprint density at radius 3 is 2.23 bits per heavy atom. The second-order valence-electron chi connectivity index (χ2n) is 5.44. The van der Waals surface area contributed by atoms with Gasteiger partial charge in [-0.2, -0.15) is 0 Å². The van der Waals surface area contributed by atoms with Gasteiger partial charge in [-0.25, -0.2) is 0 Å². The van der Waals surface area contributed by atoms with Crippen LogP contribution in [0.3, 0.4) is 0 Å². The molecule has 22 heavy (non-hydrogen) atoms. The van der Waals surface area contributed by atoms with E-state index in [1.165, 1.54) is 16.7 Å². The summed E-state index contributed by atoms with van der Waals surface area (Å²) in [5.41, 5.74) is 5.86. The summed E-state index contributed by atoms with van der Waals surface area (Å²) in [5, 5.41) is 13.7. The van der Waals surface area contributed by atoms with Crippen LogP contribution < -0.4 is 5.32 Å². The van der Waals surface area contributed by atoms with Crippen LogP contribution in [-0.4, -0.2) is 21.6 Å². The summed E-state index contributed by atoms with van der Waals surface area (Å²) < 4.78 is 0.532. The number of hydrogen-bond donors (Lipinski definition) is 4. The number of aromatic amines is 2. The van der Waals surface area contributed by atoms with Gasteiger partial charge in [-0.15, -0.1) is 0 Å². The van der Waals surface area contributed by atoms with E-state index >= 15 is 0 Å². The van der Waals surface area contributed by atoms with Gasteiger partial charge in [0.1, 0.15) is 6.10 Å². The van der Waals surface area contributed by atoms with Crippen LogP contribution in [0, 0.1) is 4.77 Å². The van der Waals surface area contributed by atoms with Gasteiger partial charge in [-0.05, 0) is 48.2 Å². The molecule has 1 unspecified atom stereocenters. The van der Waals surface area contributed by atoms with Crippen LogP contribution in [0.15, 0.2) is 18.3 Å². The predicted molar refractivity (Wildman–Crippen MR) is 94.0 cm³/mol. The maximum absolute atomic E-state index is 10.3. The lowest BCUT2D eigenvalue weighted by Gasteiger charge is -2.19. The number of benzene rings is 1. The van der Waals surface area contributed by atoms with Crippen LogP contribution in [0.2, 0.25) is 0 Å². The van der Waals surface area contributed by atoms with Crippen molar-refractivity contribution >= 4 is 17.9 Å². The molecule has 1 aromatic heterocycles. The highest BCUT2D eigenvalue weighted by molar-refractivity contribution is 7.71. The molecule has 2 aromatic rings. The second-order valence-corrected chi connectivity index (χ2v) is 5.85. The second kappa shape index (κ2) is 7.61. The van der Waals surface area contributed by atoms with Crippen molar-refractivity contribution in [1.29, 1.82) is 0 Å². The van der Waals surface area contributed by atoms with E-state index in [1.54, 1.807) is 6.20 Å². The minimum absolute atomic E-state index is 0.453. The zero-order valence-corrected chi connectivity index (χ0v) is 14.3. The molecule has 0 fully saturated rings. The SMILES string of the molecule is CCc1cc(CC)c(NCC(O)c2c[nH]c(=S)[nH]2)c(CC)c1. The molecule has 2 rings (SSSR count). The van der Waals surface area contributed by atoms with Crippen molar-refractivity contribution in [3.8, 4) is 0 Å². The molecule has 0 aliphatic rings. The Labute approximate surface area is 137 Å². The van der Waals surface area contributed by atoms with E-state index in [0.717, 1.165) is 24.9 Å². The smallest absolute Gasteiger partial charge is 0.174 e. The lowest BCUT2D eigenvalue weighted by Crippen LogP contribution is -2.15. The number of aliphatic hydroxyl groups is 1. The number of aromatic nitrogens is 2. The molecule has 0 aliphatic carbocycles. The van der Waals surface area contributed by atoms with Gasteiger partial charge >= 0.3 is 0 Å². The van der Waals surface area contributed by atoms with Crippen molar-refractivity contribution in [3.05, 3.63) is 45.5 Å². The zero-order chi connectivity index (χ0) is 16.1. The van der Waals surface area contributed by atoms with E-state index in [-0.39, 0.29) is 0 Å². The molecule has 120 valence electrons. The van der Waals surface area contributed by atoms with Gasteiger partial charge in [0.25, 0.3) is 0 Å². The monoisotopic (exact) mass is 319 g/mol. The Kier molecular flexibility index (Phi) is 5.80. The third-order valence-electron chi connectivity index (χ3n) is 3.98. The number of hydrogen-bond acceptors (Lipinski definition) is 3. The van der Waals surface area contributed by atoms with Crippen LogP contribution in [-0.2, 0) is 19.3 Å². The molecule has 1 aromatic carbocycles. The van der Waals surface area contributed by atoms with Crippen molar-refractivity contribution in [2.24, 2.45) is 0 Å². The fourth-order valence-corrected chi connectivity index (χ4v) is 2.84. The van der Waals surface area contributed by atoms with Crippen molar-refractivity contribution < 1.29 is 5.11 Å². The normalized spacial score (nSPS) is 12.4. The molecule has 1 heterocycles. The number of imidazole rings is 1. The highest BCUT2D eigenvalue weighted by Gasteiger charge is 2.12. The summed E-state index contributed by atoms with van der Waals surface area (Å²) in [5.74, 6) is 0. The fraction of sp³-hybridized carbons (Fsp3) is 0.471. The highest BCUT2D eigenvalue weighted by atomic mass is 32.1. The molecular weight excluding hydrogens is 294 g/mol. The van der Waals surface area contributed by atoms with Gasteiger partial charge < -0.3 is 20.4 Å². The molecule has 1 atom stereocenters. The van der Waals surface area contributed by atoms with E-state index in [9.17, 15) is 5.11 Å². The van der Waals surface area contributed by atoms with Gasteiger partial charge in [0.15, 0.2) is 4.77 Å². The third kappa shape index (κ3) is 3.78. The summed E-state index contributed by atoms with van der Waals surface area (Å²) in [6.45, 7) is 6.96. The minimum Gasteiger partial charge on any atom is -0.385 e. The first kappa shape index (κ1) is 16.8. The van der Waals surface area contributed by atoms with E-state index in [2.05, 4.69) is 48.2 Å². The van der Waals surface area contributed by atoms with Gasteiger partial charge in [0, 0.05) is 18.4 Å². The molecular formula is C17H25N3OS. The van der Waals surface area contributed by atoms with E-state index in [4.69, 9.17) is 12.2 Å². The summed E-state index contributed by atoms with van der Waals surface area (Å²) in [4.78, 5) is 5.84. The average molecular weight is 319 g/mol.